The molecule has 0 aliphatic carbocycles. The highest BCUT2D eigenvalue weighted by Crippen LogP contribution is 2.57. The van der Waals surface area contributed by atoms with Crippen molar-refractivity contribution >= 4 is 0 Å². The van der Waals surface area contributed by atoms with Gasteiger partial charge in [-0.15, -0.1) is 0 Å². The Balaban J connectivity index is 1.40. The van der Waals surface area contributed by atoms with Gasteiger partial charge in [0.25, 0.3) is 0 Å². The Morgan fingerprint density at radius 3 is 0.779 bits per heavy atom. The fourth-order valence-electron chi connectivity index (χ4n) is 9.55. The van der Waals surface area contributed by atoms with E-state index in [4.69, 9.17) is 4.74 Å². The average molecular weight is 1110 g/mol. The molecule has 0 amide bonds. The Hall–Kier alpha value is -5.98. The van der Waals surface area contributed by atoms with E-state index in [9.17, 15) is 79.0 Å². The van der Waals surface area contributed by atoms with Crippen LogP contribution in [0, 0.1) is 0 Å². The third kappa shape index (κ3) is 12.0. The molecule has 0 heterocycles. The van der Waals surface area contributed by atoms with Gasteiger partial charge in [-0.3, -0.25) is 0 Å². The van der Waals surface area contributed by atoms with Gasteiger partial charge in [-0.1, -0.05) is 196 Å². The van der Waals surface area contributed by atoms with Crippen LogP contribution >= 0.6 is 0 Å². The number of benzene rings is 6. The minimum atomic E-state index is -6.99. The second kappa shape index (κ2) is 23.5. The summed E-state index contributed by atoms with van der Waals surface area (Å²) in [4.78, 5) is 0. The highest BCUT2D eigenvalue weighted by molar-refractivity contribution is 5.56. The smallest absolute Gasteiger partial charge is 0.340 e. The van der Waals surface area contributed by atoms with E-state index in [-0.39, 0.29) is 51.4 Å². The molecule has 77 heavy (non-hydrogen) atoms. The molecule has 6 aromatic carbocycles. The van der Waals surface area contributed by atoms with Crippen LogP contribution in [0.2, 0.25) is 0 Å². The maximum atomic E-state index is 14.4. The summed E-state index contributed by atoms with van der Waals surface area (Å²) in [6, 6.07) is 50.5. The van der Waals surface area contributed by atoms with Crippen molar-refractivity contribution in [2.75, 3.05) is 0 Å². The number of halogens is 18. The number of ether oxygens (including phenoxy) is 1. The fourth-order valence-corrected chi connectivity index (χ4v) is 9.55. The zero-order valence-corrected chi connectivity index (χ0v) is 40.9. The lowest BCUT2D eigenvalue weighted by Crippen LogP contribution is -2.60. The Bertz CT molecular complexity index is 2510. The molecule has 0 bridgehead atoms. The Morgan fingerprint density at radius 1 is 0.260 bits per heavy atom. The summed E-state index contributed by atoms with van der Waals surface area (Å²) < 4.78 is 253. The Labute approximate surface area is 433 Å². The van der Waals surface area contributed by atoms with E-state index in [0.717, 1.165) is 0 Å². The second-order valence-electron chi connectivity index (χ2n) is 18.8. The third-order valence-corrected chi connectivity index (χ3v) is 13.6. The van der Waals surface area contributed by atoms with Crippen molar-refractivity contribution in [3.63, 3.8) is 0 Å². The van der Waals surface area contributed by atoms with E-state index in [1.165, 1.54) is 0 Å². The lowest BCUT2D eigenvalue weighted by Gasteiger charge is -2.47. The van der Waals surface area contributed by atoms with E-state index < -0.39 is 84.8 Å². The zero-order chi connectivity index (χ0) is 56.6. The second-order valence-corrected chi connectivity index (χ2v) is 18.8. The lowest BCUT2D eigenvalue weighted by atomic mass is 9.73. The molecule has 6 rings (SSSR count). The molecular formula is C58H52F18O. The highest BCUT2D eigenvalue weighted by atomic mass is 19.4. The molecule has 0 spiro atoms. The molecule has 0 saturated carbocycles. The van der Waals surface area contributed by atoms with Gasteiger partial charge >= 0.3 is 47.9 Å². The van der Waals surface area contributed by atoms with Crippen LogP contribution in [0.25, 0.3) is 0 Å². The molecule has 6 aromatic rings. The number of alkyl halides is 18. The van der Waals surface area contributed by atoms with Crippen molar-refractivity contribution in [3.8, 4) is 0 Å². The summed E-state index contributed by atoms with van der Waals surface area (Å²) in [5.74, 6) is -38.8. The molecule has 0 saturated heterocycles. The van der Waals surface area contributed by atoms with Gasteiger partial charge in [0.2, 0.25) is 0 Å². The van der Waals surface area contributed by atoms with Gasteiger partial charge in [0.1, 0.15) is 11.2 Å². The van der Waals surface area contributed by atoms with Crippen molar-refractivity contribution in [2.45, 2.75) is 136 Å². The van der Waals surface area contributed by atoms with Crippen LogP contribution in [0.1, 0.15) is 109 Å². The first-order chi connectivity index (χ1) is 36.0. The van der Waals surface area contributed by atoms with Crippen LogP contribution < -0.4 is 0 Å². The Kier molecular flexibility index (Phi) is 18.4. The average Bonchev–Trinajstić information content (AvgIpc) is 3.48. The van der Waals surface area contributed by atoms with Gasteiger partial charge in [-0.05, 0) is 83.0 Å². The fraction of sp³-hybridized carbons (Fsp3) is 0.379. The largest absolute Gasteiger partial charge is 0.460 e. The van der Waals surface area contributed by atoms with Gasteiger partial charge in [0.05, 0.1) is 0 Å². The van der Waals surface area contributed by atoms with E-state index in [0.29, 0.717) is 44.5 Å². The molecule has 19 heteroatoms. The monoisotopic (exact) mass is 1110 g/mol. The van der Waals surface area contributed by atoms with Crippen molar-refractivity contribution in [1.82, 2.24) is 0 Å². The van der Waals surface area contributed by atoms with Crippen LogP contribution in [0.4, 0.5) is 79.0 Å². The maximum absolute atomic E-state index is 14.4. The molecule has 0 aliphatic rings. The minimum absolute atomic E-state index is 0.0599. The van der Waals surface area contributed by atoms with Crippen LogP contribution in [0.3, 0.4) is 0 Å². The maximum Gasteiger partial charge on any atom is 0.460 e. The first-order valence-electron chi connectivity index (χ1n) is 24.5. The van der Waals surface area contributed by atoms with Crippen molar-refractivity contribution in [2.24, 2.45) is 0 Å². The van der Waals surface area contributed by atoms with E-state index in [1.807, 2.05) is 60.7 Å². The standard InChI is InChI=1S/C58H52F18O/c59-49(60,53(63,64)55(67,68)57(71,72)73)39-23-3-1-9-25-41-27-19-21-37-47(41)51(43-29-11-5-12-30-43,44-31-13-6-14-32-44)77-52(45-33-15-7-16-34-45,46-35-17-8-18-36-46)48-38-22-20-28-42(48)26-10-2-4-24-40-50(61,62)54(65,66)56(69,70)58(74,75)76/h5-8,11-22,27-38H,1-4,9-10,23-26,39-40H2. The number of unbranched alkanes of at least 4 members (excludes halogenated alkanes) is 6. The summed E-state index contributed by atoms with van der Waals surface area (Å²) >= 11 is 0. The Morgan fingerprint density at radius 2 is 0.506 bits per heavy atom. The molecule has 0 aliphatic heterocycles. The van der Waals surface area contributed by atoms with E-state index >= 15 is 0 Å². The van der Waals surface area contributed by atoms with Gasteiger partial charge < -0.3 is 4.74 Å². The molecule has 0 aromatic heterocycles. The number of hydrogen-bond donors (Lipinski definition) is 0. The quantitative estimate of drug-likeness (QED) is 0.0299. The molecule has 416 valence electrons. The van der Waals surface area contributed by atoms with Gasteiger partial charge in [-0.25, -0.2) is 0 Å². The topological polar surface area (TPSA) is 9.23 Å². The summed E-state index contributed by atoms with van der Waals surface area (Å²) in [6.07, 6.45) is -18.9. The number of aryl methyl sites for hydroxylation is 2. The number of hydrogen-bond acceptors (Lipinski definition) is 1. The molecule has 0 fully saturated rings. The van der Waals surface area contributed by atoms with Crippen LogP contribution in [0.5, 0.6) is 0 Å². The van der Waals surface area contributed by atoms with E-state index in [2.05, 4.69) is 0 Å². The number of rotatable bonds is 26. The SMILES string of the molecule is FC(F)(F)C(F)(F)C(F)(F)C(F)(F)CCCCCCc1ccccc1C(OC(c1ccccc1)(c1ccccc1)c1ccccc1CCCCCCC(F)(F)C(F)(F)C(F)(F)C(F)(F)F)(c1ccccc1)c1ccccc1. The van der Waals surface area contributed by atoms with Gasteiger partial charge in [0.15, 0.2) is 0 Å². The highest BCUT2D eigenvalue weighted by Gasteiger charge is 2.82. The van der Waals surface area contributed by atoms with Gasteiger partial charge in [-0.2, -0.15) is 79.0 Å². The van der Waals surface area contributed by atoms with E-state index in [1.54, 1.807) is 109 Å². The van der Waals surface area contributed by atoms with Crippen molar-refractivity contribution in [1.29, 1.82) is 0 Å². The van der Waals surface area contributed by atoms with Crippen molar-refractivity contribution < 1.29 is 83.8 Å². The van der Waals surface area contributed by atoms with Crippen LogP contribution in [0.15, 0.2) is 170 Å². The lowest BCUT2D eigenvalue weighted by molar-refractivity contribution is -0.396. The normalized spacial score (nSPS) is 13.7. The van der Waals surface area contributed by atoms with Crippen LogP contribution in [-0.2, 0) is 28.8 Å². The molecule has 0 radical (unpaired) electrons. The summed E-state index contributed by atoms with van der Waals surface area (Å²) in [5.41, 5.74) is 1.60. The predicted octanol–water partition coefficient (Wildman–Crippen LogP) is 18.9. The molecule has 0 atom stereocenters. The zero-order valence-electron chi connectivity index (χ0n) is 40.9. The molecular weight excluding hydrogens is 1050 g/mol. The third-order valence-electron chi connectivity index (χ3n) is 13.6. The summed E-state index contributed by atoms with van der Waals surface area (Å²) in [7, 11) is 0. The predicted molar refractivity (Wildman–Crippen MR) is 255 cm³/mol. The van der Waals surface area contributed by atoms with Crippen LogP contribution in [-0.4, -0.2) is 47.9 Å². The van der Waals surface area contributed by atoms with Crippen molar-refractivity contribution in [3.05, 3.63) is 214 Å². The molecule has 0 unspecified atom stereocenters. The first-order valence-corrected chi connectivity index (χ1v) is 24.5. The van der Waals surface area contributed by atoms with Gasteiger partial charge in [0, 0.05) is 12.8 Å². The summed E-state index contributed by atoms with van der Waals surface area (Å²) in [5, 5.41) is 0. The first kappa shape index (κ1) is 60.3. The minimum Gasteiger partial charge on any atom is -0.340 e. The molecule has 0 N–H and O–H groups in total. The molecule has 1 nitrogen and oxygen atoms in total. The summed E-state index contributed by atoms with van der Waals surface area (Å²) in [6.45, 7) is 0.